The van der Waals surface area contributed by atoms with Gasteiger partial charge in [-0.3, -0.25) is 0 Å². The maximum atomic E-state index is 11.9. The molecule has 0 spiro atoms. The van der Waals surface area contributed by atoms with E-state index in [0.717, 1.165) is 14.4 Å². The normalized spacial score (nSPS) is 11.9. The van der Waals surface area contributed by atoms with Crippen LogP contribution in [0.15, 0.2) is 26.3 Å². The Bertz CT molecular complexity index is 618. The Morgan fingerprint density at radius 1 is 1.53 bits per heavy atom. The number of rotatable bonds is 4. The number of thiophene rings is 1. The molecule has 0 aliphatic rings. The van der Waals surface area contributed by atoms with Gasteiger partial charge in [-0.25, -0.2) is 18.1 Å². The van der Waals surface area contributed by atoms with Crippen LogP contribution in [0.25, 0.3) is 0 Å². The average Bonchev–Trinajstić information content (AvgIpc) is 2.85. The van der Waals surface area contributed by atoms with E-state index in [1.165, 1.54) is 28.9 Å². The number of aryl methyl sites for hydroxylation is 1. The molecule has 8 heteroatoms. The Hall–Kier alpha value is -0.280. The van der Waals surface area contributed by atoms with Gasteiger partial charge in [0.15, 0.2) is 4.21 Å². The third-order valence-corrected chi connectivity index (χ3v) is 6.40. The summed E-state index contributed by atoms with van der Waals surface area (Å²) in [5.74, 6) is 0. The van der Waals surface area contributed by atoms with Crippen molar-refractivity contribution in [2.45, 2.75) is 17.7 Å². The van der Waals surface area contributed by atoms with E-state index in [-0.39, 0.29) is 4.21 Å². The first-order valence-corrected chi connectivity index (χ1v) is 8.59. The summed E-state index contributed by atoms with van der Waals surface area (Å²) in [7, 11) is -3.43. The second-order valence-electron chi connectivity index (χ2n) is 3.25. The number of sulfonamides is 1. The highest BCUT2D eigenvalue weighted by Gasteiger charge is 2.16. The second kappa shape index (κ2) is 5.15. The fourth-order valence-electron chi connectivity index (χ4n) is 1.15. The Morgan fingerprint density at radius 2 is 2.29 bits per heavy atom. The first-order chi connectivity index (χ1) is 7.97. The molecule has 1 N–H and O–H groups in total. The van der Waals surface area contributed by atoms with Gasteiger partial charge in [-0.2, -0.15) is 0 Å². The first-order valence-electron chi connectivity index (χ1n) is 4.62. The Balaban J connectivity index is 2.08. The summed E-state index contributed by atoms with van der Waals surface area (Å²) in [4.78, 5) is 4.90. The van der Waals surface area contributed by atoms with Gasteiger partial charge in [0, 0.05) is 21.3 Å². The van der Waals surface area contributed by atoms with E-state index in [1.54, 1.807) is 6.92 Å². The minimum atomic E-state index is -3.43. The lowest BCUT2D eigenvalue weighted by atomic mass is 10.5. The number of aromatic nitrogens is 1. The van der Waals surface area contributed by atoms with Gasteiger partial charge in [-0.05, 0) is 28.9 Å². The molecule has 0 radical (unpaired) electrons. The van der Waals surface area contributed by atoms with Crippen LogP contribution in [0.2, 0.25) is 0 Å². The molecule has 0 atom stereocenters. The van der Waals surface area contributed by atoms with E-state index in [0.29, 0.717) is 6.54 Å². The van der Waals surface area contributed by atoms with Gasteiger partial charge < -0.3 is 0 Å². The number of hydrogen-bond acceptors (Lipinski definition) is 5. The molecule has 2 rings (SSSR count). The summed E-state index contributed by atoms with van der Waals surface area (Å²) < 4.78 is 27.5. The van der Waals surface area contributed by atoms with Crippen LogP contribution in [-0.4, -0.2) is 13.4 Å². The van der Waals surface area contributed by atoms with E-state index >= 15 is 0 Å². The topological polar surface area (TPSA) is 59.1 Å². The summed E-state index contributed by atoms with van der Waals surface area (Å²) in [6, 6.07) is 1.89. The van der Waals surface area contributed by atoms with Crippen LogP contribution in [-0.2, 0) is 16.6 Å². The van der Waals surface area contributed by atoms with Crippen LogP contribution in [0, 0.1) is 6.92 Å². The van der Waals surface area contributed by atoms with E-state index < -0.39 is 10.0 Å². The summed E-state index contributed by atoms with van der Waals surface area (Å²) in [6.45, 7) is 2.08. The largest absolute Gasteiger partial charge is 0.252 e. The van der Waals surface area contributed by atoms with Crippen LogP contribution in [0.3, 0.4) is 0 Å². The molecule has 0 unspecified atom stereocenters. The standard InChI is InChI=1S/C9H9BrN2O2S3/c1-6-11-4-9(16-6)17(13,14)12-3-8-2-7(10)5-15-8/h2,4-5,12H,3H2,1H3. The second-order valence-corrected chi connectivity index (χ2v) is 8.39. The minimum absolute atomic E-state index is 0.255. The molecule has 0 fully saturated rings. The zero-order chi connectivity index (χ0) is 12.5. The molecule has 17 heavy (non-hydrogen) atoms. The summed E-state index contributed by atoms with van der Waals surface area (Å²) in [6.07, 6.45) is 1.38. The highest BCUT2D eigenvalue weighted by atomic mass is 79.9. The van der Waals surface area contributed by atoms with Crippen molar-refractivity contribution < 1.29 is 8.42 Å². The van der Waals surface area contributed by atoms with Crippen molar-refractivity contribution in [1.82, 2.24) is 9.71 Å². The van der Waals surface area contributed by atoms with Gasteiger partial charge in [-0.15, -0.1) is 22.7 Å². The highest BCUT2D eigenvalue weighted by Crippen LogP contribution is 2.21. The first kappa shape index (κ1) is 13.2. The predicted molar refractivity (Wildman–Crippen MR) is 72.9 cm³/mol. The van der Waals surface area contributed by atoms with Gasteiger partial charge in [0.1, 0.15) is 0 Å². The van der Waals surface area contributed by atoms with Crippen LogP contribution in [0.5, 0.6) is 0 Å². The van der Waals surface area contributed by atoms with Crippen molar-refractivity contribution in [2.75, 3.05) is 0 Å². The molecule has 2 aromatic heterocycles. The molecule has 0 saturated heterocycles. The summed E-state index contributed by atoms with van der Waals surface area (Å²) in [5.41, 5.74) is 0. The van der Waals surface area contributed by atoms with Crippen molar-refractivity contribution in [3.8, 4) is 0 Å². The third kappa shape index (κ3) is 3.35. The lowest BCUT2D eigenvalue weighted by Crippen LogP contribution is -2.21. The molecule has 2 heterocycles. The van der Waals surface area contributed by atoms with Crippen LogP contribution in [0.1, 0.15) is 9.88 Å². The molecular weight excluding hydrogens is 344 g/mol. The number of thiazole rings is 1. The number of nitrogens with zero attached hydrogens (tertiary/aromatic N) is 1. The van der Waals surface area contributed by atoms with Crippen molar-refractivity contribution in [1.29, 1.82) is 0 Å². The lowest BCUT2D eigenvalue weighted by molar-refractivity contribution is 0.584. The summed E-state index contributed by atoms with van der Waals surface area (Å²) in [5, 5.41) is 2.66. The molecule has 92 valence electrons. The zero-order valence-electron chi connectivity index (χ0n) is 8.81. The molecule has 0 aromatic carbocycles. The molecule has 2 aromatic rings. The summed E-state index contributed by atoms with van der Waals surface area (Å²) >= 11 is 6.00. The minimum Gasteiger partial charge on any atom is -0.249 e. The Kier molecular flexibility index (Phi) is 3.99. The fourth-order valence-corrected chi connectivity index (χ4v) is 4.79. The van der Waals surface area contributed by atoms with E-state index in [9.17, 15) is 8.42 Å². The smallest absolute Gasteiger partial charge is 0.249 e. The van der Waals surface area contributed by atoms with Gasteiger partial charge in [0.05, 0.1) is 11.2 Å². The van der Waals surface area contributed by atoms with Crippen molar-refractivity contribution in [3.05, 3.63) is 32.0 Å². The molecule has 0 amide bonds. The molecule has 0 aliphatic carbocycles. The Labute approximate surface area is 116 Å². The quantitative estimate of drug-likeness (QED) is 0.920. The molecular formula is C9H9BrN2O2S3. The Morgan fingerprint density at radius 3 is 2.82 bits per heavy atom. The van der Waals surface area contributed by atoms with Crippen molar-refractivity contribution in [3.63, 3.8) is 0 Å². The monoisotopic (exact) mass is 352 g/mol. The fraction of sp³-hybridized carbons (Fsp3) is 0.222. The van der Waals surface area contributed by atoms with Gasteiger partial charge in [0.25, 0.3) is 10.0 Å². The van der Waals surface area contributed by atoms with Crippen molar-refractivity contribution in [2.24, 2.45) is 0 Å². The van der Waals surface area contributed by atoms with E-state index in [4.69, 9.17) is 0 Å². The molecule has 0 aliphatic heterocycles. The third-order valence-electron chi connectivity index (χ3n) is 1.92. The van der Waals surface area contributed by atoms with Crippen LogP contribution >= 0.6 is 38.6 Å². The SMILES string of the molecule is Cc1ncc(S(=O)(=O)NCc2cc(Br)cs2)s1. The molecule has 0 saturated carbocycles. The van der Waals surface area contributed by atoms with Crippen molar-refractivity contribution >= 4 is 48.6 Å². The average molecular weight is 353 g/mol. The van der Waals surface area contributed by atoms with Gasteiger partial charge >= 0.3 is 0 Å². The van der Waals surface area contributed by atoms with Gasteiger partial charge in [-0.1, -0.05) is 0 Å². The predicted octanol–water partition coefficient (Wildman–Crippen LogP) is 2.75. The van der Waals surface area contributed by atoms with E-state index in [2.05, 4.69) is 25.6 Å². The van der Waals surface area contributed by atoms with E-state index in [1.807, 2.05) is 11.4 Å². The maximum absolute atomic E-state index is 11.9. The lowest BCUT2D eigenvalue weighted by Gasteiger charge is -2.01. The maximum Gasteiger partial charge on any atom is 0.252 e. The highest BCUT2D eigenvalue weighted by molar-refractivity contribution is 9.10. The molecule has 0 bridgehead atoms. The number of hydrogen-bond donors (Lipinski definition) is 1. The van der Waals surface area contributed by atoms with Crippen LogP contribution in [0.4, 0.5) is 0 Å². The van der Waals surface area contributed by atoms with Gasteiger partial charge in [0.2, 0.25) is 0 Å². The van der Waals surface area contributed by atoms with Crippen LogP contribution < -0.4 is 4.72 Å². The molecule has 4 nitrogen and oxygen atoms in total. The number of halogens is 1. The number of nitrogens with one attached hydrogen (secondary N) is 1. The zero-order valence-corrected chi connectivity index (χ0v) is 12.8.